The average molecular weight is 545 g/mol. The van der Waals surface area contributed by atoms with E-state index in [9.17, 15) is 19.2 Å². The molecule has 3 saturated heterocycles. The minimum absolute atomic E-state index is 0.0604. The first-order valence-electron chi connectivity index (χ1n) is 13.7. The molecular formula is C30H29ClN4O4. The third-order valence-corrected chi connectivity index (χ3v) is 9.46. The van der Waals surface area contributed by atoms with Crippen LogP contribution in [0.25, 0.3) is 10.9 Å². The summed E-state index contributed by atoms with van der Waals surface area (Å²) in [4.78, 5) is 57.8. The van der Waals surface area contributed by atoms with Crippen LogP contribution in [0, 0.1) is 6.92 Å². The van der Waals surface area contributed by atoms with Crippen molar-refractivity contribution in [1.82, 2.24) is 20.1 Å². The Bertz CT molecular complexity index is 1560. The molecule has 0 aliphatic carbocycles. The number of aryl methyl sites for hydroxylation is 1. The quantitative estimate of drug-likeness (QED) is 0.476. The van der Waals surface area contributed by atoms with E-state index < -0.39 is 11.9 Å². The summed E-state index contributed by atoms with van der Waals surface area (Å²) in [5.74, 6) is -0.466. The molecule has 3 aromatic rings. The predicted octanol–water partition coefficient (Wildman–Crippen LogP) is 4.44. The molecule has 0 radical (unpaired) electrons. The fourth-order valence-corrected chi connectivity index (χ4v) is 7.45. The van der Waals surface area contributed by atoms with E-state index in [4.69, 9.17) is 11.6 Å². The van der Waals surface area contributed by atoms with Gasteiger partial charge in [0.25, 0.3) is 11.8 Å². The van der Waals surface area contributed by atoms with Crippen molar-refractivity contribution in [3.8, 4) is 0 Å². The van der Waals surface area contributed by atoms with Gasteiger partial charge in [0, 0.05) is 46.5 Å². The number of benzene rings is 2. The number of carbonyl (C=O) groups excluding carboxylic acids is 4. The molecule has 39 heavy (non-hydrogen) atoms. The Kier molecular flexibility index (Phi) is 5.60. The van der Waals surface area contributed by atoms with Crippen LogP contribution in [-0.2, 0) is 16.1 Å². The lowest BCUT2D eigenvalue weighted by Crippen LogP contribution is -2.52. The van der Waals surface area contributed by atoms with Crippen LogP contribution in [0.4, 0.5) is 0 Å². The van der Waals surface area contributed by atoms with Crippen molar-refractivity contribution in [1.29, 1.82) is 0 Å². The number of halogens is 1. The van der Waals surface area contributed by atoms with Crippen LogP contribution in [0.5, 0.6) is 0 Å². The molecule has 2 bridgehead atoms. The number of nitrogens with one attached hydrogen (secondary N) is 2. The number of hydrogen-bond acceptors (Lipinski definition) is 4. The molecule has 0 saturated carbocycles. The molecule has 5 heterocycles. The molecule has 0 spiro atoms. The third kappa shape index (κ3) is 3.87. The largest absolute Gasteiger partial charge is 0.350 e. The van der Waals surface area contributed by atoms with Crippen molar-refractivity contribution >= 4 is 46.1 Å². The number of carbonyl (C=O) groups is 4. The van der Waals surface area contributed by atoms with Crippen LogP contribution >= 0.6 is 11.6 Å². The van der Waals surface area contributed by atoms with E-state index in [-0.39, 0.29) is 36.2 Å². The van der Waals surface area contributed by atoms with Crippen LogP contribution in [0.1, 0.15) is 82.0 Å². The second-order valence-electron chi connectivity index (χ2n) is 11.4. The maximum atomic E-state index is 13.8. The van der Waals surface area contributed by atoms with Gasteiger partial charge in [-0.05, 0) is 79.8 Å². The van der Waals surface area contributed by atoms with Gasteiger partial charge in [-0.3, -0.25) is 24.5 Å². The minimum Gasteiger partial charge on any atom is -0.350 e. The molecule has 4 aliphatic rings. The zero-order chi connectivity index (χ0) is 27.0. The first-order chi connectivity index (χ1) is 18.8. The lowest BCUT2D eigenvalue weighted by atomic mass is 9.84. The maximum absolute atomic E-state index is 13.8. The Morgan fingerprint density at radius 3 is 2.51 bits per heavy atom. The number of aromatic amines is 1. The first-order valence-corrected chi connectivity index (χ1v) is 14.0. The summed E-state index contributed by atoms with van der Waals surface area (Å²) >= 11 is 6.17. The number of imide groups is 1. The zero-order valence-electron chi connectivity index (χ0n) is 21.6. The van der Waals surface area contributed by atoms with Crippen molar-refractivity contribution in [3.05, 3.63) is 69.4 Å². The molecule has 4 amide bonds. The van der Waals surface area contributed by atoms with Crippen molar-refractivity contribution < 1.29 is 19.2 Å². The van der Waals surface area contributed by atoms with E-state index in [1.165, 1.54) is 5.56 Å². The highest BCUT2D eigenvalue weighted by atomic mass is 35.5. The van der Waals surface area contributed by atoms with Crippen molar-refractivity contribution in [2.24, 2.45) is 0 Å². The zero-order valence-corrected chi connectivity index (χ0v) is 22.4. The van der Waals surface area contributed by atoms with E-state index in [1.54, 1.807) is 4.90 Å². The van der Waals surface area contributed by atoms with Gasteiger partial charge in [-0.15, -0.1) is 0 Å². The summed E-state index contributed by atoms with van der Waals surface area (Å²) in [6.07, 6.45) is 4.35. The molecule has 9 heteroatoms. The van der Waals surface area contributed by atoms with Crippen molar-refractivity contribution in [3.63, 3.8) is 0 Å². The molecular weight excluding hydrogens is 516 g/mol. The number of rotatable bonds is 3. The summed E-state index contributed by atoms with van der Waals surface area (Å²) in [5, 5.41) is 4.02. The van der Waals surface area contributed by atoms with Gasteiger partial charge in [0.2, 0.25) is 11.8 Å². The summed E-state index contributed by atoms with van der Waals surface area (Å²) < 4.78 is 0. The second kappa shape index (κ2) is 8.95. The van der Waals surface area contributed by atoms with E-state index in [0.717, 1.165) is 47.7 Å². The monoisotopic (exact) mass is 544 g/mol. The molecule has 1 aromatic heterocycles. The van der Waals surface area contributed by atoms with Gasteiger partial charge >= 0.3 is 0 Å². The number of amides is 4. The Morgan fingerprint density at radius 2 is 1.77 bits per heavy atom. The lowest BCUT2D eigenvalue weighted by Gasteiger charge is -2.39. The number of H-pyrrole nitrogens is 1. The smallest absolute Gasteiger partial charge is 0.271 e. The highest BCUT2D eigenvalue weighted by Crippen LogP contribution is 2.45. The molecule has 3 atom stereocenters. The molecule has 7 rings (SSSR count). The number of aromatic nitrogens is 1. The Hall–Kier alpha value is -3.65. The highest BCUT2D eigenvalue weighted by molar-refractivity contribution is 6.31. The van der Waals surface area contributed by atoms with E-state index >= 15 is 0 Å². The predicted molar refractivity (Wildman–Crippen MR) is 145 cm³/mol. The number of hydrogen-bond donors (Lipinski definition) is 2. The van der Waals surface area contributed by atoms with Gasteiger partial charge in [-0.2, -0.15) is 0 Å². The molecule has 4 aliphatic heterocycles. The Balaban J connectivity index is 1.10. The lowest BCUT2D eigenvalue weighted by molar-refractivity contribution is -0.136. The molecule has 3 unspecified atom stereocenters. The van der Waals surface area contributed by atoms with E-state index in [1.807, 2.05) is 37.3 Å². The fraction of sp³-hybridized carbons (Fsp3) is 0.400. The van der Waals surface area contributed by atoms with Crippen molar-refractivity contribution in [2.45, 2.75) is 76.0 Å². The van der Waals surface area contributed by atoms with E-state index in [0.29, 0.717) is 35.2 Å². The summed E-state index contributed by atoms with van der Waals surface area (Å²) in [5.41, 5.74) is 5.23. The Labute approximate surface area is 230 Å². The summed E-state index contributed by atoms with van der Waals surface area (Å²) in [6, 6.07) is 11.4. The van der Waals surface area contributed by atoms with Crippen LogP contribution in [0.3, 0.4) is 0 Å². The van der Waals surface area contributed by atoms with Gasteiger partial charge < -0.3 is 14.8 Å². The highest BCUT2D eigenvalue weighted by Gasteiger charge is 2.45. The summed E-state index contributed by atoms with van der Waals surface area (Å²) in [6.45, 7) is 2.36. The van der Waals surface area contributed by atoms with Gasteiger partial charge in [0.1, 0.15) is 11.7 Å². The molecule has 3 fully saturated rings. The number of piperidine rings is 2. The summed E-state index contributed by atoms with van der Waals surface area (Å²) in [7, 11) is 0. The number of fused-ring (bicyclic) bond motifs is 4. The van der Waals surface area contributed by atoms with Gasteiger partial charge in [-0.25, -0.2) is 0 Å². The van der Waals surface area contributed by atoms with Gasteiger partial charge in [0.05, 0.1) is 0 Å². The van der Waals surface area contributed by atoms with Crippen LogP contribution < -0.4 is 5.32 Å². The Morgan fingerprint density at radius 1 is 1.00 bits per heavy atom. The molecule has 2 aromatic carbocycles. The number of nitrogens with zero attached hydrogens (tertiary/aromatic N) is 2. The first kappa shape index (κ1) is 24.4. The van der Waals surface area contributed by atoms with Crippen LogP contribution in [0.15, 0.2) is 36.4 Å². The third-order valence-electron chi connectivity index (χ3n) is 9.22. The molecule has 200 valence electrons. The van der Waals surface area contributed by atoms with E-state index in [2.05, 4.69) is 21.3 Å². The van der Waals surface area contributed by atoms with Crippen LogP contribution in [-0.4, -0.2) is 56.5 Å². The van der Waals surface area contributed by atoms with Crippen LogP contribution in [0.2, 0.25) is 5.02 Å². The molecule has 2 N–H and O–H groups in total. The average Bonchev–Trinajstić information content (AvgIpc) is 3.51. The molecule has 8 nitrogen and oxygen atoms in total. The SMILES string of the molecule is Cc1c(C(=O)N2C3CCC2CC(c2ccc4c(c2)CN(C2CCC(=O)NC2=O)C4=O)C3)[nH]c2cc(Cl)ccc12. The second-order valence-corrected chi connectivity index (χ2v) is 11.8. The topological polar surface area (TPSA) is 103 Å². The maximum Gasteiger partial charge on any atom is 0.271 e. The minimum atomic E-state index is -0.611. The van der Waals surface area contributed by atoms with Crippen molar-refractivity contribution in [2.75, 3.05) is 0 Å². The van der Waals surface area contributed by atoms with Gasteiger partial charge in [-0.1, -0.05) is 29.8 Å². The fourth-order valence-electron chi connectivity index (χ4n) is 7.28. The standard InChI is InChI=1S/C30H29ClN4O4/c1-15-22-7-3-19(31)13-24(22)32-27(15)30(39)35-20-4-5-21(35)12-17(11-20)16-2-6-23-18(10-16)14-34(29(23)38)25-8-9-26(36)33-28(25)37/h2-3,6-7,10,13,17,20-21,25,32H,4-5,8-9,11-12,14H2,1H3,(H,33,36,37). The van der Waals surface area contributed by atoms with Gasteiger partial charge in [0.15, 0.2) is 0 Å². The normalized spacial score (nSPS) is 26.4.